The van der Waals surface area contributed by atoms with Gasteiger partial charge in [-0.2, -0.15) is 0 Å². The van der Waals surface area contributed by atoms with Crippen molar-refractivity contribution in [2.24, 2.45) is 4.99 Å². The van der Waals surface area contributed by atoms with E-state index >= 15 is 0 Å². The highest BCUT2D eigenvalue weighted by Gasteiger charge is 2.25. The Morgan fingerprint density at radius 3 is 2.55 bits per heavy atom. The molecule has 2 aliphatic heterocycles. The Kier molecular flexibility index (Phi) is 8.00. The highest BCUT2D eigenvalue weighted by molar-refractivity contribution is 5.80. The van der Waals surface area contributed by atoms with Gasteiger partial charge >= 0.3 is 0 Å². The summed E-state index contributed by atoms with van der Waals surface area (Å²) in [5.41, 5.74) is 1.21. The maximum Gasteiger partial charge on any atom is 0.191 e. The minimum absolute atomic E-state index is 0.416. The highest BCUT2D eigenvalue weighted by atomic mass is 16.5. The van der Waals surface area contributed by atoms with Crippen molar-refractivity contribution in [3.05, 3.63) is 23.8 Å². The third-order valence-corrected chi connectivity index (χ3v) is 6.06. The maximum atomic E-state index is 5.40. The summed E-state index contributed by atoms with van der Waals surface area (Å²) in [5, 5.41) is 7.16. The monoisotopic (exact) mass is 403 g/mol. The molecule has 7 heteroatoms. The van der Waals surface area contributed by atoms with Crippen LogP contribution in [0.2, 0.25) is 0 Å². The number of benzene rings is 1. The second kappa shape index (κ2) is 10.7. The number of ether oxygens (including phenoxy) is 2. The molecule has 3 rings (SSSR count). The number of hydrogen-bond donors (Lipinski definition) is 2. The first-order valence-electron chi connectivity index (χ1n) is 10.8. The van der Waals surface area contributed by atoms with Gasteiger partial charge in [-0.3, -0.25) is 14.8 Å². The number of guanidine groups is 1. The zero-order valence-electron chi connectivity index (χ0n) is 18.4. The highest BCUT2D eigenvalue weighted by Crippen LogP contribution is 2.24. The molecule has 2 unspecified atom stereocenters. The quantitative estimate of drug-likeness (QED) is 0.511. The van der Waals surface area contributed by atoms with Crippen LogP contribution in [0.1, 0.15) is 31.7 Å². The fourth-order valence-electron chi connectivity index (χ4n) is 4.46. The van der Waals surface area contributed by atoms with E-state index < -0.39 is 0 Å². The number of likely N-dealkylation sites (tertiary alicyclic amines) is 2. The molecular weight excluding hydrogens is 366 g/mol. The summed E-state index contributed by atoms with van der Waals surface area (Å²) in [6.45, 7) is 8.53. The van der Waals surface area contributed by atoms with Crippen molar-refractivity contribution in [1.29, 1.82) is 0 Å². The summed E-state index contributed by atoms with van der Waals surface area (Å²) < 4.78 is 10.8. The van der Waals surface area contributed by atoms with E-state index in [1.54, 1.807) is 14.2 Å². The normalized spacial score (nSPS) is 23.4. The molecule has 2 aliphatic rings. The smallest absolute Gasteiger partial charge is 0.191 e. The minimum Gasteiger partial charge on any atom is -0.497 e. The van der Waals surface area contributed by atoms with Crippen molar-refractivity contribution in [1.82, 2.24) is 20.4 Å². The zero-order valence-corrected chi connectivity index (χ0v) is 18.4. The number of rotatable bonds is 8. The molecule has 162 valence electrons. The van der Waals surface area contributed by atoms with Crippen molar-refractivity contribution in [2.45, 2.75) is 44.8 Å². The first kappa shape index (κ1) is 21.7. The lowest BCUT2D eigenvalue weighted by Crippen LogP contribution is -2.48. The SMILES string of the molecule is CCN1CCCC1CNC(=NC)NC1CCN(Cc2cc(OC)cc(OC)c2)C1. The molecule has 2 fully saturated rings. The molecule has 2 saturated heterocycles. The average Bonchev–Trinajstić information content (AvgIpc) is 3.39. The van der Waals surface area contributed by atoms with Crippen LogP contribution in [0.15, 0.2) is 23.2 Å². The number of nitrogens with one attached hydrogen (secondary N) is 2. The van der Waals surface area contributed by atoms with Crippen LogP contribution in [0.4, 0.5) is 0 Å². The van der Waals surface area contributed by atoms with Gasteiger partial charge in [0.05, 0.1) is 14.2 Å². The lowest BCUT2D eigenvalue weighted by molar-refractivity contribution is 0.266. The van der Waals surface area contributed by atoms with E-state index in [1.165, 1.54) is 24.9 Å². The number of hydrogen-bond acceptors (Lipinski definition) is 5. The van der Waals surface area contributed by atoms with Crippen molar-refractivity contribution in [3.63, 3.8) is 0 Å². The Hall–Kier alpha value is -1.99. The van der Waals surface area contributed by atoms with Crippen LogP contribution in [0, 0.1) is 0 Å². The molecule has 1 aromatic carbocycles. The largest absolute Gasteiger partial charge is 0.497 e. The Morgan fingerprint density at radius 1 is 1.14 bits per heavy atom. The molecule has 0 bridgehead atoms. The van der Waals surface area contributed by atoms with Gasteiger partial charge in [-0.15, -0.1) is 0 Å². The number of aliphatic imine (C=N–C) groups is 1. The van der Waals surface area contributed by atoms with E-state index in [0.717, 1.165) is 56.6 Å². The van der Waals surface area contributed by atoms with Crippen molar-refractivity contribution >= 4 is 5.96 Å². The molecule has 2 heterocycles. The summed E-state index contributed by atoms with van der Waals surface area (Å²) in [7, 11) is 5.24. The molecule has 29 heavy (non-hydrogen) atoms. The predicted molar refractivity (Wildman–Crippen MR) is 118 cm³/mol. The molecule has 0 aromatic heterocycles. The fourth-order valence-corrected chi connectivity index (χ4v) is 4.46. The Labute approximate surface area is 175 Å². The summed E-state index contributed by atoms with van der Waals surface area (Å²) in [4.78, 5) is 9.46. The number of methoxy groups -OCH3 is 2. The van der Waals surface area contributed by atoms with E-state index in [9.17, 15) is 0 Å². The maximum absolute atomic E-state index is 5.40. The molecular formula is C22H37N5O2. The molecule has 0 radical (unpaired) electrons. The van der Waals surface area contributed by atoms with E-state index in [0.29, 0.717) is 12.1 Å². The molecule has 2 N–H and O–H groups in total. The molecule has 0 spiro atoms. The van der Waals surface area contributed by atoms with Crippen LogP contribution in [0.25, 0.3) is 0 Å². The van der Waals surface area contributed by atoms with Gasteiger partial charge in [-0.1, -0.05) is 6.92 Å². The van der Waals surface area contributed by atoms with Crippen LogP contribution in [0.5, 0.6) is 11.5 Å². The van der Waals surface area contributed by atoms with Gasteiger partial charge in [0.15, 0.2) is 5.96 Å². The van der Waals surface area contributed by atoms with E-state index in [2.05, 4.69) is 44.5 Å². The van der Waals surface area contributed by atoms with E-state index in [4.69, 9.17) is 9.47 Å². The second-order valence-corrected chi connectivity index (χ2v) is 7.96. The molecule has 2 atom stereocenters. The van der Waals surface area contributed by atoms with Gasteiger partial charge in [-0.05, 0) is 50.0 Å². The van der Waals surface area contributed by atoms with Gasteiger partial charge in [-0.25, -0.2) is 0 Å². The molecule has 0 aliphatic carbocycles. The zero-order chi connectivity index (χ0) is 20.6. The predicted octanol–water partition coefficient (Wildman–Crippen LogP) is 1.93. The van der Waals surface area contributed by atoms with Crippen molar-refractivity contribution in [2.75, 3.05) is 54.0 Å². The summed E-state index contributed by atoms with van der Waals surface area (Å²) in [6, 6.07) is 7.13. The molecule has 1 aromatic rings. The topological polar surface area (TPSA) is 61.4 Å². The standard InChI is InChI=1S/C22H37N5O2/c1-5-27-9-6-7-19(27)14-24-22(23-2)25-18-8-10-26(16-18)15-17-11-20(28-3)13-21(12-17)29-4/h11-13,18-19H,5-10,14-16H2,1-4H3,(H2,23,24,25). The molecule has 0 amide bonds. The lowest BCUT2D eigenvalue weighted by Gasteiger charge is -2.25. The lowest BCUT2D eigenvalue weighted by atomic mass is 10.2. The first-order chi connectivity index (χ1) is 14.1. The van der Waals surface area contributed by atoms with Crippen LogP contribution in [0.3, 0.4) is 0 Å². The van der Waals surface area contributed by atoms with Crippen molar-refractivity contribution in [3.8, 4) is 11.5 Å². The number of likely N-dealkylation sites (N-methyl/N-ethyl adjacent to an activating group) is 1. The van der Waals surface area contributed by atoms with Gasteiger partial charge in [0, 0.05) is 51.4 Å². The molecule has 0 saturated carbocycles. The Bertz CT molecular complexity index is 659. The minimum atomic E-state index is 0.416. The van der Waals surface area contributed by atoms with Crippen molar-refractivity contribution < 1.29 is 9.47 Å². The van der Waals surface area contributed by atoms with Gasteiger partial charge in [0.2, 0.25) is 0 Å². The third kappa shape index (κ3) is 6.00. The first-order valence-corrected chi connectivity index (χ1v) is 10.8. The van der Waals surface area contributed by atoms with Gasteiger partial charge < -0.3 is 20.1 Å². The molecule has 7 nitrogen and oxygen atoms in total. The third-order valence-electron chi connectivity index (χ3n) is 6.06. The second-order valence-electron chi connectivity index (χ2n) is 7.96. The summed E-state index contributed by atoms with van der Waals surface area (Å²) >= 11 is 0. The van der Waals surface area contributed by atoms with Crippen LogP contribution >= 0.6 is 0 Å². The fraction of sp³-hybridized carbons (Fsp3) is 0.682. The van der Waals surface area contributed by atoms with E-state index in [1.807, 2.05) is 13.1 Å². The van der Waals surface area contributed by atoms with Crippen LogP contribution in [-0.4, -0.2) is 81.8 Å². The summed E-state index contributed by atoms with van der Waals surface area (Å²) in [6.07, 6.45) is 3.70. The number of nitrogens with zero attached hydrogens (tertiary/aromatic N) is 3. The Morgan fingerprint density at radius 2 is 1.90 bits per heavy atom. The summed E-state index contributed by atoms with van der Waals surface area (Å²) in [5.74, 6) is 2.60. The van der Waals surface area contributed by atoms with Crippen LogP contribution in [-0.2, 0) is 6.54 Å². The van der Waals surface area contributed by atoms with E-state index in [-0.39, 0.29) is 0 Å². The van der Waals surface area contributed by atoms with Crippen LogP contribution < -0.4 is 20.1 Å². The van der Waals surface area contributed by atoms with Gasteiger partial charge in [0.25, 0.3) is 0 Å². The van der Waals surface area contributed by atoms with Gasteiger partial charge in [0.1, 0.15) is 11.5 Å². The Balaban J connectivity index is 1.47. The average molecular weight is 404 g/mol.